The molecule has 16 heavy (non-hydrogen) atoms. The zero-order valence-corrected chi connectivity index (χ0v) is 10.7. The van der Waals surface area contributed by atoms with E-state index in [0.29, 0.717) is 6.54 Å². The van der Waals surface area contributed by atoms with Gasteiger partial charge in [0.2, 0.25) is 0 Å². The Morgan fingerprint density at radius 1 is 1.38 bits per heavy atom. The number of hydrogen-bond acceptors (Lipinski definition) is 3. The minimum Gasteiger partial charge on any atom is -0.440 e. The van der Waals surface area contributed by atoms with Crippen molar-refractivity contribution in [3.8, 4) is 0 Å². The Labute approximate surface area is 106 Å². The molecule has 0 radical (unpaired) electrons. The molecule has 92 valence electrons. The molecule has 6 heteroatoms. The highest BCUT2D eigenvalue weighted by Gasteiger charge is 2.08. The summed E-state index contributed by atoms with van der Waals surface area (Å²) in [5, 5.41) is 6.12. The molecule has 0 aliphatic rings. The summed E-state index contributed by atoms with van der Waals surface area (Å²) in [6.07, 6.45) is 1.09. The number of amides is 1. The Morgan fingerprint density at radius 2 is 2.12 bits per heavy atom. The standard InChI is InChI=1S/C10H15ClN2O2.ClH/c1-2-5-12-6-7-13-10(14)8-3-4-9(11)15-8;/h3-4,12H,2,5-7H2,1H3,(H,13,14);1H. The summed E-state index contributed by atoms with van der Waals surface area (Å²) >= 11 is 5.55. The first-order valence-corrected chi connectivity index (χ1v) is 5.36. The zero-order chi connectivity index (χ0) is 11.1. The topological polar surface area (TPSA) is 54.3 Å². The number of furan rings is 1. The molecule has 2 N–H and O–H groups in total. The van der Waals surface area contributed by atoms with Crippen molar-refractivity contribution in [2.24, 2.45) is 0 Å². The van der Waals surface area contributed by atoms with Gasteiger partial charge in [-0.3, -0.25) is 4.79 Å². The molecule has 0 aromatic carbocycles. The van der Waals surface area contributed by atoms with Gasteiger partial charge in [-0.25, -0.2) is 0 Å². The van der Waals surface area contributed by atoms with E-state index in [4.69, 9.17) is 16.0 Å². The van der Waals surface area contributed by atoms with Crippen molar-refractivity contribution in [2.45, 2.75) is 13.3 Å². The summed E-state index contributed by atoms with van der Waals surface area (Å²) in [6.45, 7) is 4.39. The van der Waals surface area contributed by atoms with Gasteiger partial charge in [0.15, 0.2) is 11.0 Å². The molecule has 1 aromatic heterocycles. The number of rotatable bonds is 6. The Morgan fingerprint density at radius 3 is 2.69 bits per heavy atom. The van der Waals surface area contributed by atoms with Crippen LogP contribution in [0.2, 0.25) is 5.22 Å². The van der Waals surface area contributed by atoms with Gasteiger partial charge in [-0.15, -0.1) is 12.4 Å². The normalized spacial score (nSPS) is 9.62. The molecule has 1 amide bonds. The lowest BCUT2D eigenvalue weighted by Crippen LogP contribution is -2.31. The van der Waals surface area contributed by atoms with Crippen molar-refractivity contribution in [2.75, 3.05) is 19.6 Å². The Bertz CT molecular complexity index is 316. The van der Waals surface area contributed by atoms with Crippen LogP contribution in [0, 0.1) is 0 Å². The van der Waals surface area contributed by atoms with Crippen LogP contribution in [0.1, 0.15) is 23.9 Å². The number of carbonyl (C=O) groups is 1. The van der Waals surface area contributed by atoms with Crippen molar-refractivity contribution in [3.63, 3.8) is 0 Å². The second kappa shape index (κ2) is 8.44. The number of halogens is 2. The van der Waals surface area contributed by atoms with Crippen LogP contribution in [-0.4, -0.2) is 25.5 Å². The highest BCUT2D eigenvalue weighted by Crippen LogP contribution is 2.12. The highest BCUT2D eigenvalue weighted by molar-refractivity contribution is 6.29. The molecule has 0 atom stereocenters. The van der Waals surface area contributed by atoms with E-state index in [-0.39, 0.29) is 29.3 Å². The van der Waals surface area contributed by atoms with Gasteiger partial charge < -0.3 is 15.1 Å². The Balaban J connectivity index is 0.00000225. The van der Waals surface area contributed by atoms with Gasteiger partial charge in [-0.2, -0.15) is 0 Å². The first-order valence-electron chi connectivity index (χ1n) is 4.98. The molecule has 1 rings (SSSR count). The molecule has 0 saturated carbocycles. The van der Waals surface area contributed by atoms with Gasteiger partial charge in [0.25, 0.3) is 5.91 Å². The smallest absolute Gasteiger partial charge is 0.287 e. The molecular weight excluding hydrogens is 251 g/mol. The van der Waals surface area contributed by atoms with Crippen LogP contribution in [0.4, 0.5) is 0 Å². The van der Waals surface area contributed by atoms with Crippen molar-refractivity contribution in [3.05, 3.63) is 23.1 Å². The molecule has 0 saturated heterocycles. The first kappa shape index (κ1) is 15.3. The predicted molar refractivity (Wildman–Crippen MR) is 66.5 cm³/mol. The van der Waals surface area contributed by atoms with Crippen LogP contribution < -0.4 is 10.6 Å². The van der Waals surface area contributed by atoms with Crippen molar-refractivity contribution >= 4 is 29.9 Å². The fraction of sp³-hybridized carbons (Fsp3) is 0.500. The van der Waals surface area contributed by atoms with E-state index < -0.39 is 0 Å². The van der Waals surface area contributed by atoms with E-state index in [1.807, 2.05) is 0 Å². The number of carbonyl (C=O) groups excluding carboxylic acids is 1. The van der Waals surface area contributed by atoms with Gasteiger partial charge in [0, 0.05) is 13.1 Å². The van der Waals surface area contributed by atoms with Crippen LogP contribution in [0.15, 0.2) is 16.5 Å². The van der Waals surface area contributed by atoms with Crippen molar-refractivity contribution in [1.29, 1.82) is 0 Å². The highest BCUT2D eigenvalue weighted by atomic mass is 35.5. The third kappa shape index (κ3) is 5.39. The molecule has 0 unspecified atom stereocenters. The molecule has 0 aliphatic carbocycles. The van der Waals surface area contributed by atoms with Crippen LogP contribution in [0.25, 0.3) is 0 Å². The summed E-state index contributed by atoms with van der Waals surface area (Å²) < 4.78 is 4.96. The van der Waals surface area contributed by atoms with E-state index in [1.54, 1.807) is 12.1 Å². The summed E-state index contributed by atoms with van der Waals surface area (Å²) in [5.41, 5.74) is 0. The predicted octanol–water partition coefficient (Wildman–Crippen LogP) is 2.08. The molecule has 1 aromatic rings. The lowest BCUT2D eigenvalue weighted by molar-refractivity contribution is 0.0926. The Kier molecular flexibility index (Phi) is 8.07. The van der Waals surface area contributed by atoms with Crippen LogP contribution in [-0.2, 0) is 0 Å². The minimum atomic E-state index is -0.236. The first-order chi connectivity index (χ1) is 7.24. The fourth-order valence-corrected chi connectivity index (χ4v) is 1.24. The van der Waals surface area contributed by atoms with Crippen LogP contribution in [0.5, 0.6) is 0 Å². The SMILES string of the molecule is CCCNCCNC(=O)c1ccc(Cl)o1.Cl. The third-order valence-electron chi connectivity index (χ3n) is 1.81. The summed E-state index contributed by atoms with van der Waals surface area (Å²) in [7, 11) is 0. The third-order valence-corrected chi connectivity index (χ3v) is 2.01. The second-order valence-electron chi connectivity index (χ2n) is 3.11. The maximum absolute atomic E-state index is 11.4. The van der Waals surface area contributed by atoms with Gasteiger partial charge >= 0.3 is 0 Å². The average Bonchev–Trinajstić information content (AvgIpc) is 2.64. The second-order valence-corrected chi connectivity index (χ2v) is 3.48. The van der Waals surface area contributed by atoms with E-state index >= 15 is 0 Å². The minimum absolute atomic E-state index is 0. The molecule has 4 nitrogen and oxygen atoms in total. The lowest BCUT2D eigenvalue weighted by atomic mass is 10.4. The van der Waals surface area contributed by atoms with Crippen molar-refractivity contribution in [1.82, 2.24) is 10.6 Å². The fourth-order valence-electron chi connectivity index (χ4n) is 1.09. The average molecular weight is 267 g/mol. The van der Waals surface area contributed by atoms with Crippen LogP contribution in [0.3, 0.4) is 0 Å². The van der Waals surface area contributed by atoms with E-state index in [2.05, 4.69) is 17.6 Å². The summed E-state index contributed by atoms with van der Waals surface area (Å²) in [5.74, 6) is 0.00990. The monoisotopic (exact) mass is 266 g/mol. The van der Waals surface area contributed by atoms with Crippen LogP contribution >= 0.6 is 24.0 Å². The number of nitrogens with one attached hydrogen (secondary N) is 2. The van der Waals surface area contributed by atoms with Crippen molar-refractivity contribution < 1.29 is 9.21 Å². The zero-order valence-electron chi connectivity index (χ0n) is 9.09. The molecule has 0 fully saturated rings. The molecular formula is C10H16Cl2N2O2. The van der Waals surface area contributed by atoms with Gasteiger partial charge in [-0.1, -0.05) is 6.92 Å². The largest absolute Gasteiger partial charge is 0.440 e. The summed E-state index contributed by atoms with van der Waals surface area (Å²) in [4.78, 5) is 11.4. The maximum atomic E-state index is 11.4. The van der Waals surface area contributed by atoms with E-state index in [1.165, 1.54) is 0 Å². The molecule has 1 heterocycles. The van der Waals surface area contributed by atoms with Gasteiger partial charge in [0.05, 0.1) is 0 Å². The quantitative estimate of drug-likeness (QED) is 0.776. The molecule has 0 bridgehead atoms. The molecule has 0 spiro atoms. The van der Waals surface area contributed by atoms with E-state index in [0.717, 1.165) is 19.5 Å². The number of hydrogen-bond donors (Lipinski definition) is 2. The van der Waals surface area contributed by atoms with Gasteiger partial charge in [0.1, 0.15) is 0 Å². The summed E-state index contributed by atoms with van der Waals surface area (Å²) in [6, 6.07) is 3.10. The van der Waals surface area contributed by atoms with Gasteiger partial charge in [-0.05, 0) is 36.7 Å². The molecule has 0 aliphatic heterocycles. The van der Waals surface area contributed by atoms with E-state index in [9.17, 15) is 4.79 Å². The lowest BCUT2D eigenvalue weighted by Gasteiger charge is -2.03. The Hall–Kier alpha value is -0.710. The maximum Gasteiger partial charge on any atom is 0.287 e.